The summed E-state index contributed by atoms with van der Waals surface area (Å²) in [4.78, 5) is 23.8. The fourth-order valence-electron chi connectivity index (χ4n) is 1.85. The van der Waals surface area contributed by atoms with Gasteiger partial charge in [0.25, 0.3) is 5.91 Å². The minimum Gasteiger partial charge on any atom is -0.449 e. The molecule has 1 N–H and O–H groups in total. The topological polar surface area (TPSA) is 73.2 Å². The normalized spacial score (nSPS) is 12.5. The second kappa shape index (κ2) is 7.73. The molecule has 1 amide bonds. The maximum Gasteiger partial charge on any atom is 0.331 e. The third-order valence-corrected chi connectivity index (χ3v) is 3.73. The van der Waals surface area contributed by atoms with E-state index >= 15 is 0 Å². The summed E-state index contributed by atoms with van der Waals surface area (Å²) in [6.45, 7) is 5.45. The summed E-state index contributed by atoms with van der Waals surface area (Å²) in [5.41, 5.74) is 0.921. The largest absolute Gasteiger partial charge is 0.449 e. The van der Waals surface area contributed by atoms with Crippen LogP contribution in [0, 0.1) is 0 Å². The average molecular weight is 333 g/mol. The van der Waals surface area contributed by atoms with Gasteiger partial charge in [-0.15, -0.1) is 0 Å². The van der Waals surface area contributed by atoms with Crippen LogP contribution in [0.3, 0.4) is 0 Å². The molecule has 0 aliphatic heterocycles. The summed E-state index contributed by atoms with van der Waals surface area (Å²) in [6.07, 6.45) is 3.67. The van der Waals surface area contributed by atoms with Gasteiger partial charge in [0.05, 0.1) is 6.20 Å². The maximum atomic E-state index is 12.1. The SMILES string of the molecule is CC(C)n1nccc1NC(=O)[C@H](C)OC(=O)/C=C/c1ccsc1. The Morgan fingerprint density at radius 2 is 2.13 bits per heavy atom. The lowest BCUT2D eigenvalue weighted by molar-refractivity contribution is -0.148. The van der Waals surface area contributed by atoms with Gasteiger partial charge in [0.1, 0.15) is 5.82 Å². The second-order valence-corrected chi connectivity index (χ2v) is 5.99. The molecule has 0 aliphatic rings. The van der Waals surface area contributed by atoms with Crippen LogP contribution < -0.4 is 5.32 Å². The molecule has 0 bridgehead atoms. The molecule has 0 saturated carbocycles. The predicted octanol–water partition coefficient (Wildman–Crippen LogP) is 3.11. The number of ether oxygens (including phenoxy) is 1. The summed E-state index contributed by atoms with van der Waals surface area (Å²) >= 11 is 1.54. The summed E-state index contributed by atoms with van der Waals surface area (Å²) in [5.74, 6) is -0.386. The lowest BCUT2D eigenvalue weighted by Crippen LogP contribution is -2.30. The van der Waals surface area contributed by atoms with Crippen molar-refractivity contribution in [3.05, 3.63) is 40.7 Å². The van der Waals surface area contributed by atoms with Crippen LogP contribution in [0.25, 0.3) is 6.08 Å². The zero-order valence-electron chi connectivity index (χ0n) is 13.2. The van der Waals surface area contributed by atoms with Crippen LogP contribution in [0.2, 0.25) is 0 Å². The number of anilines is 1. The minimum atomic E-state index is -0.898. The van der Waals surface area contributed by atoms with Gasteiger partial charge in [-0.1, -0.05) is 0 Å². The molecular formula is C16H19N3O3S. The number of aromatic nitrogens is 2. The Balaban J connectivity index is 1.89. The zero-order valence-corrected chi connectivity index (χ0v) is 14.0. The van der Waals surface area contributed by atoms with Gasteiger partial charge in [-0.05, 0) is 49.2 Å². The molecule has 0 radical (unpaired) electrons. The standard InChI is InChI=1S/C16H19N3O3S/c1-11(2)19-14(6-8-17-19)18-16(21)12(3)22-15(20)5-4-13-7-9-23-10-13/h4-12H,1-3H3,(H,18,21)/b5-4+/t12-/m0/s1. The lowest BCUT2D eigenvalue weighted by atomic mass is 10.3. The highest BCUT2D eigenvalue weighted by Crippen LogP contribution is 2.14. The van der Waals surface area contributed by atoms with Crippen molar-refractivity contribution in [2.24, 2.45) is 0 Å². The van der Waals surface area contributed by atoms with Crippen molar-refractivity contribution in [3.8, 4) is 0 Å². The van der Waals surface area contributed by atoms with Gasteiger partial charge in [-0.25, -0.2) is 9.48 Å². The number of hydrogen-bond donors (Lipinski definition) is 1. The number of esters is 1. The van der Waals surface area contributed by atoms with E-state index in [1.807, 2.05) is 30.7 Å². The van der Waals surface area contributed by atoms with Crippen LogP contribution in [0.1, 0.15) is 32.4 Å². The molecule has 122 valence electrons. The summed E-state index contributed by atoms with van der Waals surface area (Å²) < 4.78 is 6.78. The molecule has 2 heterocycles. The van der Waals surface area contributed by atoms with E-state index in [4.69, 9.17) is 4.74 Å². The molecule has 0 aliphatic carbocycles. The number of carbonyl (C=O) groups excluding carboxylic acids is 2. The maximum absolute atomic E-state index is 12.1. The van der Waals surface area contributed by atoms with E-state index in [0.29, 0.717) is 5.82 Å². The van der Waals surface area contributed by atoms with E-state index in [0.717, 1.165) is 5.56 Å². The first-order valence-corrected chi connectivity index (χ1v) is 8.17. The van der Waals surface area contributed by atoms with Crippen molar-refractivity contribution in [3.63, 3.8) is 0 Å². The summed E-state index contributed by atoms with van der Waals surface area (Å²) in [5, 5.41) is 10.7. The van der Waals surface area contributed by atoms with Crippen LogP contribution in [-0.4, -0.2) is 27.8 Å². The van der Waals surface area contributed by atoms with Crippen LogP contribution in [-0.2, 0) is 14.3 Å². The zero-order chi connectivity index (χ0) is 16.8. The molecule has 1 atom stereocenters. The van der Waals surface area contributed by atoms with Gasteiger partial charge in [0, 0.05) is 18.2 Å². The van der Waals surface area contributed by atoms with Crippen molar-refractivity contribution >= 4 is 35.1 Å². The highest BCUT2D eigenvalue weighted by Gasteiger charge is 2.18. The van der Waals surface area contributed by atoms with Gasteiger partial charge in [-0.2, -0.15) is 16.4 Å². The first kappa shape index (κ1) is 17.0. The summed E-state index contributed by atoms with van der Waals surface area (Å²) in [7, 11) is 0. The number of thiophene rings is 1. The monoisotopic (exact) mass is 333 g/mol. The van der Waals surface area contributed by atoms with Crippen LogP contribution in [0.4, 0.5) is 5.82 Å². The van der Waals surface area contributed by atoms with E-state index in [9.17, 15) is 9.59 Å². The molecule has 2 aromatic heterocycles. The van der Waals surface area contributed by atoms with E-state index in [2.05, 4.69) is 10.4 Å². The van der Waals surface area contributed by atoms with Gasteiger partial charge >= 0.3 is 5.97 Å². The van der Waals surface area contributed by atoms with E-state index in [1.54, 1.807) is 34.4 Å². The molecule has 2 aromatic rings. The van der Waals surface area contributed by atoms with Crippen LogP contribution >= 0.6 is 11.3 Å². The minimum absolute atomic E-state index is 0.117. The Bertz CT molecular complexity index is 689. The lowest BCUT2D eigenvalue weighted by Gasteiger charge is -2.15. The van der Waals surface area contributed by atoms with Gasteiger partial charge in [0.2, 0.25) is 0 Å². The molecule has 6 nitrogen and oxygen atoms in total. The first-order valence-electron chi connectivity index (χ1n) is 7.22. The van der Waals surface area contributed by atoms with E-state index < -0.39 is 18.0 Å². The number of carbonyl (C=O) groups is 2. The molecule has 2 rings (SSSR count). The Kier molecular flexibility index (Phi) is 5.70. The van der Waals surface area contributed by atoms with E-state index in [-0.39, 0.29) is 6.04 Å². The van der Waals surface area contributed by atoms with Gasteiger partial charge < -0.3 is 10.1 Å². The van der Waals surface area contributed by atoms with Crippen molar-refractivity contribution in [1.82, 2.24) is 9.78 Å². The highest BCUT2D eigenvalue weighted by molar-refractivity contribution is 7.08. The molecule has 0 spiro atoms. The predicted molar refractivity (Wildman–Crippen MR) is 90.1 cm³/mol. The van der Waals surface area contributed by atoms with Crippen molar-refractivity contribution in [2.75, 3.05) is 5.32 Å². The van der Waals surface area contributed by atoms with Crippen molar-refractivity contribution < 1.29 is 14.3 Å². The van der Waals surface area contributed by atoms with E-state index in [1.165, 1.54) is 13.0 Å². The molecule has 0 fully saturated rings. The fourth-order valence-corrected chi connectivity index (χ4v) is 2.48. The number of nitrogens with one attached hydrogen (secondary N) is 1. The van der Waals surface area contributed by atoms with Crippen molar-refractivity contribution in [1.29, 1.82) is 0 Å². The molecule has 7 heteroatoms. The smallest absolute Gasteiger partial charge is 0.331 e. The molecule has 0 aromatic carbocycles. The third kappa shape index (κ3) is 4.79. The number of amides is 1. The number of rotatable bonds is 6. The highest BCUT2D eigenvalue weighted by atomic mass is 32.1. The van der Waals surface area contributed by atoms with Crippen LogP contribution in [0.15, 0.2) is 35.2 Å². The Labute approximate surface area is 138 Å². The Hall–Kier alpha value is -2.41. The fraction of sp³-hybridized carbons (Fsp3) is 0.312. The molecular weight excluding hydrogens is 314 g/mol. The Morgan fingerprint density at radius 3 is 2.78 bits per heavy atom. The van der Waals surface area contributed by atoms with Crippen molar-refractivity contribution in [2.45, 2.75) is 32.9 Å². The van der Waals surface area contributed by atoms with Gasteiger partial charge in [0.15, 0.2) is 6.10 Å². The number of hydrogen-bond acceptors (Lipinski definition) is 5. The second-order valence-electron chi connectivity index (χ2n) is 5.21. The molecule has 23 heavy (non-hydrogen) atoms. The Morgan fingerprint density at radius 1 is 1.35 bits per heavy atom. The third-order valence-electron chi connectivity index (χ3n) is 3.03. The molecule has 0 unspecified atom stereocenters. The first-order chi connectivity index (χ1) is 11.0. The molecule has 0 saturated heterocycles. The average Bonchev–Trinajstić information content (AvgIpc) is 3.16. The summed E-state index contributed by atoms with van der Waals surface area (Å²) in [6, 6.07) is 3.70. The van der Waals surface area contributed by atoms with Gasteiger partial charge in [-0.3, -0.25) is 4.79 Å². The number of nitrogens with zero attached hydrogens (tertiary/aromatic N) is 2. The quantitative estimate of drug-likeness (QED) is 0.651. The van der Waals surface area contributed by atoms with Crippen LogP contribution in [0.5, 0.6) is 0 Å².